The van der Waals surface area contributed by atoms with Crippen LogP contribution in [0, 0.1) is 0 Å². The highest BCUT2D eigenvalue weighted by molar-refractivity contribution is 7.91. The molecule has 0 amide bonds. The molecule has 0 bridgehead atoms. The Balaban J connectivity index is 2.26. The van der Waals surface area contributed by atoms with Crippen molar-refractivity contribution in [2.45, 2.75) is 36.6 Å². The lowest BCUT2D eigenvalue weighted by Gasteiger charge is -2.41. The second-order valence-corrected chi connectivity index (χ2v) is 7.92. The van der Waals surface area contributed by atoms with Crippen LogP contribution in [0.4, 0.5) is 0 Å². The Morgan fingerprint density at radius 3 is 2.80 bits per heavy atom. The molecular formula is C14H23N3O2S. The highest BCUT2D eigenvalue weighted by Crippen LogP contribution is 2.38. The van der Waals surface area contributed by atoms with Crippen molar-refractivity contribution in [3.63, 3.8) is 0 Å². The Hall–Kier alpha value is -0.980. The fourth-order valence-corrected chi connectivity index (χ4v) is 5.14. The fraction of sp³-hybridized carbons (Fsp3) is 0.643. The molecule has 1 aliphatic rings. The number of hydrogen-bond donors (Lipinski definition) is 1. The first-order valence-corrected chi connectivity index (χ1v) is 8.86. The Kier molecular flexibility index (Phi) is 4.46. The molecule has 20 heavy (non-hydrogen) atoms. The van der Waals surface area contributed by atoms with Crippen LogP contribution in [0.5, 0.6) is 0 Å². The third-order valence-electron chi connectivity index (χ3n) is 4.43. The molecule has 1 aliphatic carbocycles. The van der Waals surface area contributed by atoms with Crippen LogP contribution in [0.2, 0.25) is 0 Å². The number of hydrogen-bond acceptors (Lipinski definition) is 5. The van der Waals surface area contributed by atoms with Gasteiger partial charge < -0.3 is 5.73 Å². The normalized spacial score (nSPS) is 27.1. The maximum absolute atomic E-state index is 12.1. The summed E-state index contributed by atoms with van der Waals surface area (Å²) in [5, 5.41) is -0.381. The molecule has 0 saturated heterocycles. The largest absolute Gasteiger partial charge is 0.329 e. The van der Waals surface area contributed by atoms with Gasteiger partial charge in [0.1, 0.15) is 0 Å². The van der Waals surface area contributed by atoms with Gasteiger partial charge in [-0.15, -0.1) is 0 Å². The summed E-state index contributed by atoms with van der Waals surface area (Å²) in [5.41, 5.74) is 6.45. The molecule has 1 aromatic rings. The summed E-state index contributed by atoms with van der Waals surface area (Å²) < 4.78 is 24.1. The third-order valence-corrected chi connectivity index (χ3v) is 6.14. The molecule has 0 aliphatic heterocycles. The molecule has 2 N–H and O–H groups in total. The van der Waals surface area contributed by atoms with Gasteiger partial charge in [-0.3, -0.25) is 9.88 Å². The molecule has 0 spiro atoms. The van der Waals surface area contributed by atoms with Gasteiger partial charge in [-0.05, 0) is 32.0 Å². The van der Waals surface area contributed by atoms with Gasteiger partial charge in [0, 0.05) is 31.1 Å². The monoisotopic (exact) mass is 297 g/mol. The van der Waals surface area contributed by atoms with Crippen LogP contribution in [0.25, 0.3) is 0 Å². The van der Waals surface area contributed by atoms with E-state index in [4.69, 9.17) is 5.73 Å². The van der Waals surface area contributed by atoms with Crippen LogP contribution in [-0.2, 0) is 16.4 Å². The Morgan fingerprint density at radius 1 is 1.50 bits per heavy atom. The molecule has 2 unspecified atom stereocenters. The average Bonchev–Trinajstić information content (AvgIpc) is 2.85. The first kappa shape index (κ1) is 15.4. The van der Waals surface area contributed by atoms with Crippen molar-refractivity contribution in [1.29, 1.82) is 0 Å². The predicted molar refractivity (Wildman–Crippen MR) is 80.0 cm³/mol. The highest BCUT2D eigenvalue weighted by atomic mass is 32.2. The van der Waals surface area contributed by atoms with E-state index in [0.717, 1.165) is 18.5 Å². The molecule has 2 rings (SSSR count). The van der Waals surface area contributed by atoms with Crippen molar-refractivity contribution in [1.82, 2.24) is 9.88 Å². The Bertz CT molecular complexity index is 547. The van der Waals surface area contributed by atoms with Crippen molar-refractivity contribution in [3.05, 3.63) is 30.1 Å². The molecule has 1 saturated carbocycles. The van der Waals surface area contributed by atoms with Gasteiger partial charge >= 0.3 is 0 Å². The van der Waals surface area contributed by atoms with E-state index in [0.29, 0.717) is 19.5 Å². The summed E-state index contributed by atoms with van der Waals surface area (Å²) in [7, 11) is -1.15. The number of pyridine rings is 1. The molecular weight excluding hydrogens is 274 g/mol. The zero-order valence-corrected chi connectivity index (χ0v) is 12.9. The Morgan fingerprint density at radius 2 is 2.25 bits per heavy atom. The van der Waals surface area contributed by atoms with Crippen molar-refractivity contribution in [3.8, 4) is 0 Å². The van der Waals surface area contributed by atoms with Crippen LogP contribution < -0.4 is 5.73 Å². The molecule has 5 nitrogen and oxygen atoms in total. The summed E-state index contributed by atoms with van der Waals surface area (Å²) in [4.78, 5) is 6.39. The lowest BCUT2D eigenvalue weighted by Crippen LogP contribution is -2.58. The van der Waals surface area contributed by atoms with E-state index < -0.39 is 15.4 Å². The standard InChI is InChI=1S/C14H23N3O2S/c1-17(10-12-6-3-4-9-16-12)14(11-15)8-5-7-13(14)20(2,18)19/h3-4,6,9,13H,5,7-8,10-11,15H2,1-2H3. The van der Waals surface area contributed by atoms with Crippen LogP contribution in [-0.4, -0.2) is 48.9 Å². The van der Waals surface area contributed by atoms with E-state index in [1.807, 2.05) is 25.2 Å². The number of nitrogens with zero attached hydrogens (tertiary/aromatic N) is 2. The lowest BCUT2D eigenvalue weighted by molar-refractivity contribution is 0.125. The van der Waals surface area contributed by atoms with E-state index >= 15 is 0 Å². The zero-order chi connectivity index (χ0) is 14.8. The molecule has 1 aromatic heterocycles. The summed E-state index contributed by atoms with van der Waals surface area (Å²) in [6.45, 7) is 0.970. The topological polar surface area (TPSA) is 76.3 Å². The molecule has 1 heterocycles. The molecule has 1 fully saturated rings. The van der Waals surface area contributed by atoms with Crippen LogP contribution in [0.15, 0.2) is 24.4 Å². The van der Waals surface area contributed by atoms with E-state index in [-0.39, 0.29) is 5.25 Å². The van der Waals surface area contributed by atoms with E-state index in [9.17, 15) is 8.42 Å². The van der Waals surface area contributed by atoms with Crippen molar-refractivity contribution in [2.75, 3.05) is 19.8 Å². The van der Waals surface area contributed by atoms with Gasteiger partial charge in [0.25, 0.3) is 0 Å². The minimum absolute atomic E-state index is 0.355. The minimum Gasteiger partial charge on any atom is -0.329 e. The number of nitrogens with two attached hydrogens (primary N) is 1. The van der Waals surface area contributed by atoms with Crippen LogP contribution in [0.1, 0.15) is 25.0 Å². The number of likely N-dealkylation sites (N-methyl/N-ethyl adjacent to an activating group) is 1. The molecule has 0 radical (unpaired) electrons. The van der Waals surface area contributed by atoms with Crippen molar-refractivity contribution in [2.24, 2.45) is 5.73 Å². The van der Waals surface area contributed by atoms with E-state index in [2.05, 4.69) is 9.88 Å². The molecule has 6 heteroatoms. The quantitative estimate of drug-likeness (QED) is 0.870. The van der Waals surface area contributed by atoms with Gasteiger partial charge in [-0.1, -0.05) is 12.5 Å². The smallest absolute Gasteiger partial charge is 0.152 e. The molecule has 112 valence electrons. The van der Waals surface area contributed by atoms with Crippen LogP contribution >= 0.6 is 0 Å². The highest BCUT2D eigenvalue weighted by Gasteiger charge is 2.49. The SMILES string of the molecule is CN(Cc1ccccn1)C1(CN)CCCC1S(C)(=O)=O. The maximum Gasteiger partial charge on any atom is 0.152 e. The van der Waals surface area contributed by atoms with E-state index in [1.54, 1.807) is 6.20 Å². The van der Waals surface area contributed by atoms with Gasteiger partial charge in [0.15, 0.2) is 9.84 Å². The number of rotatable bonds is 5. The zero-order valence-electron chi connectivity index (χ0n) is 12.1. The van der Waals surface area contributed by atoms with Gasteiger partial charge in [-0.25, -0.2) is 8.42 Å². The van der Waals surface area contributed by atoms with Gasteiger partial charge in [-0.2, -0.15) is 0 Å². The van der Waals surface area contributed by atoms with Gasteiger partial charge in [0.05, 0.1) is 10.9 Å². The first-order chi connectivity index (χ1) is 9.40. The minimum atomic E-state index is -3.10. The summed E-state index contributed by atoms with van der Waals surface area (Å²) in [6.07, 6.45) is 5.50. The fourth-order valence-electron chi connectivity index (χ4n) is 3.35. The summed E-state index contributed by atoms with van der Waals surface area (Å²) in [5.74, 6) is 0. The number of sulfone groups is 1. The van der Waals surface area contributed by atoms with Crippen LogP contribution in [0.3, 0.4) is 0 Å². The van der Waals surface area contributed by atoms with Gasteiger partial charge in [0.2, 0.25) is 0 Å². The predicted octanol–water partition coefficient (Wildman–Crippen LogP) is 0.808. The van der Waals surface area contributed by atoms with Crippen molar-refractivity contribution < 1.29 is 8.42 Å². The second kappa shape index (κ2) is 5.79. The average molecular weight is 297 g/mol. The third kappa shape index (κ3) is 2.87. The number of aromatic nitrogens is 1. The molecule has 0 aromatic carbocycles. The lowest BCUT2D eigenvalue weighted by atomic mass is 9.95. The van der Waals surface area contributed by atoms with Crippen molar-refractivity contribution >= 4 is 9.84 Å². The maximum atomic E-state index is 12.1. The molecule has 2 atom stereocenters. The first-order valence-electron chi connectivity index (χ1n) is 6.90. The summed E-state index contributed by atoms with van der Waals surface area (Å²) >= 11 is 0. The van der Waals surface area contributed by atoms with E-state index in [1.165, 1.54) is 6.26 Å². The summed E-state index contributed by atoms with van der Waals surface area (Å²) in [6, 6.07) is 5.76. The second-order valence-electron chi connectivity index (χ2n) is 5.70. The Labute approximate surface area is 121 Å².